The molecule has 0 radical (unpaired) electrons. The zero-order chi connectivity index (χ0) is 12.8. The number of nitrogens with two attached hydrogens (primary N) is 1. The van der Waals surface area contributed by atoms with Gasteiger partial charge in [0.25, 0.3) is 0 Å². The van der Waals surface area contributed by atoms with Crippen LogP contribution in [0.25, 0.3) is 0 Å². The van der Waals surface area contributed by atoms with Crippen molar-refractivity contribution in [1.82, 2.24) is 0 Å². The Labute approximate surface area is 99.5 Å². The molecule has 94 valence electrons. The van der Waals surface area contributed by atoms with Gasteiger partial charge in [0, 0.05) is 0 Å². The molecule has 0 aliphatic rings. The highest BCUT2D eigenvalue weighted by molar-refractivity contribution is 5.75. The van der Waals surface area contributed by atoms with Gasteiger partial charge in [-0.25, -0.2) is 4.39 Å². The Morgan fingerprint density at radius 3 is 2.76 bits per heavy atom. The highest BCUT2D eigenvalue weighted by Crippen LogP contribution is 2.18. The van der Waals surface area contributed by atoms with Crippen molar-refractivity contribution < 1.29 is 18.7 Å². The summed E-state index contributed by atoms with van der Waals surface area (Å²) in [4.78, 5) is 11.3. The summed E-state index contributed by atoms with van der Waals surface area (Å²) in [5.74, 6) is -0.789. The van der Waals surface area contributed by atoms with Crippen molar-refractivity contribution in [2.75, 3.05) is 13.7 Å². The first kappa shape index (κ1) is 13.4. The van der Waals surface area contributed by atoms with E-state index in [1.807, 2.05) is 0 Å². The lowest BCUT2D eigenvalue weighted by Gasteiger charge is -2.11. The number of methoxy groups -OCH3 is 1. The molecule has 1 atom stereocenters. The van der Waals surface area contributed by atoms with Gasteiger partial charge in [-0.15, -0.1) is 0 Å². The van der Waals surface area contributed by atoms with E-state index < -0.39 is 17.8 Å². The van der Waals surface area contributed by atoms with Crippen molar-refractivity contribution in [2.24, 2.45) is 5.73 Å². The lowest BCUT2D eigenvalue weighted by molar-refractivity contribution is -0.144. The highest BCUT2D eigenvalue weighted by Gasteiger charge is 2.15. The molecule has 1 aromatic carbocycles. The number of carbonyl (C=O) groups is 1. The molecule has 2 N–H and O–H groups in total. The van der Waals surface area contributed by atoms with Crippen LogP contribution in [0.3, 0.4) is 0 Å². The summed E-state index contributed by atoms with van der Waals surface area (Å²) in [5, 5.41) is 0. The monoisotopic (exact) mass is 241 g/mol. The van der Waals surface area contributed by atoms with Crippen LogP contribution in [0.4, 0.5) is 4.39 Å². The molecular weight excluding hydrogens is 225 g/mol. The molecule has 1 unspecified atom stereocenters. The third kappa shape index (κ3) is 3.71. The number of hydrogen-bond donors (Lipinski definition) is 1. The van der Waals surface area contributed by atoms with Crippen LogP contribution in [0.1, 0.15) is 12.5 Å². The maximum Gasteiger partial charge on any atom is 0.323 e. The Bertz CT molecular complexity index is 395. The lowest BCUT2D eigenvalue weighted by atomic mass is 10.1. The SMILES string of the molecule is CCOC(=O)C(N)Cc1ccc(OC)c(F)c1. The van der Waals surface area contributed by atoms with Gasteiger partial charge in [-0.3, -0.25) is 4.79 Å². The van der Waals surface area contributed by atoms with Gasteiger partial charge in [0.2, 0.25) is 0 Å². The quantitative estimate of drug-likeness (QED) is 0.788. The molecule has 0 aliphatic carbocycles. The second kappa shape index (κ2) is 6.20. The Kier molecular flexibility index (Phi) is 4.90. The summed E-state index contributed by atoms with van der Waals surface area (Å²) in [5.41, 5.74) is 6.26. The fraction of sp³-hybridized carbons (Fsp3) is 0.417. The maximum absolute atomic E-state index is 13.4. The molecule has 0 aliphatic heterocycles. The summed E-state index contributed by atoms with van der Waals surface area (Å²) in [7, 11) is 1.39. The van der Waals surface area contributed by atoms with E-state index in [0.717, 1.165) is 0 Å². The molecule has 0 spiro atoms. The molecule has 0 saturated heterocycles. The number of ether oxygens (including phenoxy) is 2. The molecule has 5 heteroatoms. The Morgan fingerprint density at radius 1 is 1.53 bits per heavy atom. The topological polar surface area (TPSA) is 61.5 Å². The van der Waals surface area contributed by atoms with E-state index in [0.29, 0.717) is 5.56 Å². The zero-order valence-corrected chi connectivity index (χ0v) is 9.90. The third-order valence-corrected chi connectivity index (χ3v) is 2.26. The predicted octanol–water partition coefficient (Wildman–Crippen LogP) is 1.27. The molecule has 1 aromatic rings. The molecule has 0 fully saturated rings. The third-order valence-electron chi connectivity index (χ3n) is 2.26. The van der Waals surface area contributed by atoms with E-state index in [1.165, 1.54) is 19.2 Å². The number of carbonyl (C=O) groups excluding carboxylic acids is 1. The van der Waals surface area contributed by atoms with Crippen molar-refractivity contribution >= 4 is 5.97 Å². The van der Waals surface area contributed by atoms with Gasteiger partial charge in [0.05, 0.1) is 13.7 Å². The van der Waals surface area contributed by atoms with Crippen molar-refractivity contribution in [3.8, 4) is 5.75 Å². The minimum Gasteiger partial charge on any atom is -0.494 e. The molecule has 0 aromatic heterocycles. The van der Waals surface area contributed by atoms with Crippen LogP contribution in [0, 0.1) is 5.82 Å². The molecule has 4 nitrogen and oxygen atoms in total. The van der Waals surface area contributed by atoms with E-state index in [2.05, 4.69) is 0 Å². The first-order chi connectivity index (χ1) is 8.08. The fourth-order valence-electron chi connectivity index (χ4n) is 1.42. The van der Waals surface area contributed by atoms with Crippen LogP contribution >= 0.6 is 0 Å². The van der Waals surface area contributed by atoms with Crippen molar-refractivity contribution in [2.45, 2.75) is 19.4 Å². The Hall–Kier alpha value is -1.62. The van der Waals surface area contributed by atoms with Crippen LogP contribution < -0.4 is 10.5 Å². The molecule has 1 rings (SSSR count). The van der Waals surface area contributed by atoms with Crippen LogP contribution in [0.5, 0.6) is 5.75 Å². The molecule has 0 bridgehead atoms. The normalized spacial score (nSPS) is 12.0. The van der Waals surface area contributed by atoms with Gasteiger partial charge in [-0.1, -0.05) is 6.07 Å². The molecule has 0 amide bonds. The smallest absolute Gasteiger partial charge is 0.323 e. The first-order valence-corrected chi connectivity index (χ1v) is 5.33. The second-order valence-corrected chi connectivity index (χ2v) is 3.53. The Balaban J connectivity index is 2.68. The molecule has 0 saturated carbocycles. The zero-order valence-electron chi connectivity index (χ0n) is 9.90. The summed E-state index contributed by atoms with van der Waals surface area (Å²) < 4.78 is 22.9. The highest BCUT2D eigenvalue weighted by atomic mass is 19.1. The minimum atomic E-state index is -0.775. The van der Waals surface area contributed by atoms with Gasteiger partial charge in [-0.05, 0) is 31.0 Å². The molecule has 17 heavy (non-hydrogen) atoms. The van der Waals surface area contributed by atoms with Crippen LogP contribution in [0.2, 0.25) is 0 Å². The van der Waals surface area contributed by atoms with E-state index in [1.54, 1.807) is 13.0 Å². The van der Waals surface area contributed by atoms with Crippen LogP contribution in [0.15, 0.2) is 18.2 Å². The molecule has 0 heterocycles. The van der Waals surface area contributed by atoms with Gasteiger partial charge in [0.1, 0.15) is 6.04 Å². The Morgan fingerprint density at radius 2 is 2.24 bits per heavy atom. The lowest BCUT2D eigenvalue weighted by Crippen LogP contribution is -2.34. The average Bonchev–Trinajstić information content (AvgIpc) is 2.29. The summed E-state index contributed by atoms with van der Waals surface area (Å²) in [6.07, 6.45) is 0.236. The van der Waals surface area contributed by atoms with Crippen molar-refractivity contribution in [1.29, 1.82) is 0 Å². The number of rotatable bonds is 5. The van der Waals surface area contributed by atoms with E-state index >= 15 is 0 Å². The van der Waals surface area contributed by atoms with E-state index in [4.69, 9.17) is 15.2 Å². The van der Waals surface area contributed by atoms with Crippen molar-refractivity contribution in [3.05, 3.63) is 29.6 Å². The molecular formula is C12H16FNO3. The largest absolute Gasteiger partial charge is 0.494 e. The average molecular weight is 241 g/mol. The van der Waals surface area contributed by atoms with Crippen molar-refractivity contribution in [3.63, 3.8) is 0 Å². The number of halogens is 1. The number of benzene rings is 1. The predicted molar refractivity (Wildman–Crippen MR) is 61.3 cm³/mol. The fourth-order valence-corrected chi connectivity index (χ4v) is 1.42. The number of hydrogen-bond acceptors (Lipinski definition) is 4. The minimum absolute atomic E-state index is 0.165. The van der Waals surface area contributed by atoms with Gasteiger partial charge < -0.3 is 15.2 Å². The number of esters is 1. The maximum atomic E-state index is 13.4. The standard InChI is InChI=1S/C12H16FNO3/c1-3-17-12(15)10(14)7-8-4-5-11(16-2)9(13)6-8/h4-6,10H,3,7,14H2,1-2H3. The summed E-state index contributed by atoms with van der Waals surface area (Å²) in [6.45, 7) is 1.99. The summed E-state index contributed by atoms with van der Waals surface area (Å²) in [6, 6.07) is 3.70. The van der Waals surface area contributed by atoms with E-state index in [-0.39, 0.29) is 18.8 Å². The van der Waals surface area contributed by atoms with Gasteiger partial charge in [-0.2, -0.15) is 0 Å². The van der Waals surface area contributed by atoms with Crippen LogP contribution in [-0.2, 0) is 16.0 Å². The van der Waals surface area contributed by atoms with Crippen LogP contribution in [-0.4, -0.2) is 25.7 Å². The van der Waals surface area contributed by atoms with Gasteiger partial charge in [0.15, 0.2) is 11.6 Å². The van der Waals surface area contributed by atoms with Gasteiger partial charge >= 0.3 is 5.97 Å². The second-order valence-electron chi connectivity index (χ2n) is 3.53. The first-order valence-electron chi connectivity index (χ1n) is 5.33. The van der Waals surface area contributed by atoms with E-state index in [9.17, 15) is 9.18 Å². The summed E-state index contributed by atoms with van der Waals surface area (Å²) >= 11 is 0.